The van der Waals surface area contributed by atoms with Crippen LogP contribution < -0.4 is 16.0 Å². The molecular formula is C20H22N6O2S. The van der Waals surface area contributed by atoms with E-state index in [9.17, 15) is 8.42 Å². The van der Waals surface area contributed by atoms with E-state index in [0.29, 0.717) is 11.6 Å². The highest BCUT2D eigenvalue weighted by molar-refractivity contribution is 7.90. The molecule has 2 heterocycles. The van der Waals surface area contributed by atoms with Gasteiger partial charge in [0, 0.05) is 34.9 Å². The van der Waals surface area contributed by atoms with Crippen LogP contribution in [0, 0.1) is 6.92 Å². The Labute approximate surface area is 169 Å². The van der Waals surface area contributed by atoms with Crippen LogP contribution in [0.4, 0.5) is 11.4 Å². The van der Waals surface area contributed by atoms with Crippen LogP contribution in [0.3, 0.4) is 0 Å². The van der Waals surface area contributed by atoms with Crippen LogP contribution in [0.2, 0.25) is 0 Å². The molecule has 0 saturated carbocycles. The fourth-order valence-corrected chi connectivity index (χ4v) is 3.84. The number of aryl methyl sites for hydroxylation is 1. The van der Waals surface area contributed by atoms with Gasteiger partial charge in [0.25, 0.3) is 0 Å². The molecule has 29 heavy (non-hydrogen) atoms. The monoisotopic (exact) mass is 410 g/mol. The summed E-state index contributed by atoms with van der Waals surface area (Å²) >= 11 is 0. The Hall–Kier alpha value is -3.33. The van der Waals surface area contributed by atoms with Gasteiger partial charge in [-0.3, -0.25) is 5.10 Å². The zero-order valence-electron chi connectivity index (χ0n) is 16.3. The van der Waals surface area contributed by atoms with Gasteiger partial charge in [0.15, 0.2) is 15.5 Å². The van der Waals surface area contributed by atoms with E-state index in [2.05, 4.69) is 26.1 Å². The minimum atomic E-state index is -3.28. The smallest absolute Gasteiger partial charge is 0.202 e. The van der Waals surface area contributed by atoms with Gasteiger partial charge in [-0.15, -0.1) is 0 Å². The molecule has 0 fully saturated rings. The molecule has 1 aliphatic rings. The van der Waals surface area contributed by atoms with Crippen LogP contribution in [0.1, 0.15) is 12.6 Å². The molecule has 0 aliphatic carbocycles. The van der Waals surface area contributed by atoms with Crippen molar-refractivity contribution in [1.82, 2.24) is 15.5 Å². The van der Waals surface area contributed by atoms with Gasteiger partial charge in [-0.25, -0.2) is 13.4 Å². The molecule has 2 aromatic carbocycles. The number of H-pyrrole nitrogens is 1. The van der Waals surface area contributed by atoms with Gasteiger partial charge in [-0.05, 0) is 56.3 Å². The predicted molar refractivity (Wildman–Crippen MR) is 116 cm³/mol. The lowest BCUT2D eigenvalue weighted by Crippen LogP contribution is -2.40. The number of aromatic amines is 1. The van der Waals surface area contributed by atoms with Crippen molar-refractivity contribution < 1.29 is 8.42 Å². The number of benzene rings is 2. The van der Waals surface area contributed by atoms with Crippen molar-refractivity contribution in [2.45, 2.75) is 24.4 Å². The second-order valence-electron chi connectivity index (χ2n) is 7.22. The van der Waals surface area contributed by atoms with Crippen LogP contribution >= 0.6 is 0 Å². The standard InChI is InChI=1S/C20H22N6O2S/c1-13-17-8-7-15(12-18(17)26-25-13)23-20(2)9-10-21-19(24-20)22-14-5-4-6-16(11-14)29(3,27)28/h4-12,23H,1-3H3,(H,25,26)(H2,21,22,24). The van der Waals surface area contributed by atoms with Crippen LogP contribution in [0.15, 0.2) is 64.6 Å². The summed E-state index contributed by atoms with van der Waals surface area (Å²) in [6, 6.07) is 12.6. The molecule has 0 amide bonds. The molecule has 0 radical (unpaired) electrons. The number of nitrogens with one attached hydrogen (secondary N) is 4. The molecule has 0 spiro atoms. The highest BCUT2D eigenvalue weighted by Gasteiger charge is 2.24. The van der Waals surface area contributed by atoms with E-state index in [1.54, 1.807) is 30.5 Å². The highest BCUT2D eigenvalue weighted by Crippen LogP contribution is 2.25. The third-order valence-corrected chi connectivity index (χ3v) is 5.75. The summed E-state index contributed by atoms with van der Waals surface area (Å²) in [6.45, 7) is 3.93. The average Bonchev–Trinajstić information content (AvgIpc) is 3.01. The van der Waals surface area contributed by atoms with Crippen molar-refractivity contribution in [3.8, 4) is 0 Å². The second kappa shape index (κ2) is 6.93. The minimum Gasteiger partial charge on any atom is -0.358 e. The lowest BCUT2D eigenvalue weighted by molar-refractivity contribution is 0.602. The van der Waals surface area contributed by atoms with E-state index in [1.165, 1.54) is 6.26 Å². The predicted octanol–water partition coefficient (Wildman–Crippen LogP) is 2.99. The lowest BCUT2D eigenvalue weighted by Gasteiger charge is -2.29. The summed E-state index contributed by atoms with van der Waals surface area (Å²) in [5.74, 6) is 0.504. The van der Waals surface area contributed by atoms with E-state index in [0.717, 1.165) is 22.3 Å². The molecular weight excluding hydrogens is 388 g/mol. The number of sulfone groups is 1. The van der Waals surface area contributed by atoms with Gasteiger partial charge in [0.05, 0.1) is 10.4 Å². The van der Waals surface area contributed by atoms with E-state index in [4.69, 9.17) is 4.99 Å². The number of aliphatic imine (C=N–C) groups is 1. The highest BCUT2D eigenvalue weighted by atomic mass is 32.2. The maximum Gasteiger partial charge on any atom is 0.202 e. The first-order valence-corrected chi connectivity index (χ1v) is 11.0. The lowest BCUT2D eigenvalue weighted by atomic mass is 10.1. The fourth-order valence-electron chi connectivity index (χ4n) is 3.18. The summed E-state index contributed by atoms with van der Waals surface area (Å²) in [7, 11) is -3.28. The minimum absolute atomic E-state index is 0.248. The SMILES string of the molecule is Cc1[nH]nc2cc(NC3(C)C=CNC(Nc4cccc(S(C)(=O)=O)c4)=N3)ccc12. The van der Waals surface area contributed by atoms with Crippen molar-refractivity contribution in [3.05, 3.63) is 60.4 Å². The molecule has 150 valence electrons. The molecule has 0 bridgehead atoms. The van der Waals surface area contributed by atoms with Gasteiger partial charge < -0.3 is 16.0 Å². The largest absolute Gasteiger partial charge is 0.358 e. The van der Waals surface area contributed by atoms with Crippen LogP contribution in [-0.2, 0) is 9.84 Å². The Bertz CT molecular complexity index is 1240. The molecule has 8 nitrogen and oxygen atoms in total. The molecule has 0 saturated heterocycles. The third kappa shape index (κ3) is 4.09. The average molecular weight is 411 g/mol. The second-order valence-corrected chi connectivity index (χ2v) is 9.23. The van der Waals surface area contributed by atoms with Gasteiger partial charge in [0.2, 0.25) is 5.96 Å². The van der Waals surface area contributed by atoms with E-state index in [-0.39, 0.29) is 4.90 Å². The number of hydrogen-bond acceptors (Lipinski definition) is 7. The summed E-state index contributed by atoms with van der Waals surface area (Å²) in [6.07, 6.45) is 4.88. The zero-order chi connectivity index (χ0) is 20.6. The number of hydrogen-bond donors (Lipinski definition) is 4. The van der Waals surface area contributed by atoms with Gasteiger partial charge in [0.1, 0.15) is 0 Å². The van der Waals surface area contributed by atoms with Gasteiger partial charge in [-0.2, -0.15) is 5.10 Å². The van der Waals surface area contributed by atoms with E-state index >= 15 is 0 Å². The Morgan fingerprint density at radius 3 is 2.72 bits per heavy atom. The van der Waals surface area contributed by atoms with E-state index < -0.39 is 15.5 Å². The number of rotatable bonds is 4. The van der Waals surface area contributed by atoms with Crippen molar-refractivity contribution in [1.29, 1.82) is 0 Å². The third-order valence-electron chi connectivity index (χ3n) is 4.64. The maximum absolute atomic E-state index is 11.8. The molecule has 3 aromatic rings. The molecule has 1 atom stereocenters. The number of guanidine groups is 1. The Morgan fingerprint density at radius 2 is 1.93 bits per heavy atom. The molecule has 9 heteroatoms. The summed E-state index contributed by atoms with van der Waals surface area (Å²) < 4.78 is 23.6. The molecule has 4 rings (SSSR count). The molecule has 1 unspecified atom stereocenters. The number of fused-ring (bicyclic) bond motifs is 1. The number of nitrogens with zero attached hydrogens (tertiary/aromatic N) is 2. The first-order valence-electron chi connectivity index (χ1n) is 9.06. The Balaban J connectivity index is 1.56. The van der Waals surface area contributed by atoms with Crippen LogP contribution in [0.5, 0.6) is 0 Å². The summed E-state index contributed by atoms with van der Waals surface area (Å²) in [4.78, 5) is 4.95. The number of aromatic nitrogens is 2. The first-order chi connectivity index (χ1) is 13.7. The first kappa shape index (κ1) is 19.0. The van der Waals surface area contributed by atoms with Gasteiger partial charge in [-0.1, -0.05) is 6.07 Å². The quantitative estimate of drug-likeness (QED) is 0.526. The zero-order valence-corrected chi connectivity index (χ0v) is 17.1. The number of anilines is 2. The summed E-state index contributed by atoms with van der Waals surface area (Å²) in [5, 5.41) is 18.0. The van der Waals surface area contributed by atoms with Crippen molar-refractivity contribution in [2.24, 2.45) is 4.99 Å². The van der Waals surface area contributed by atoms with Crippen molar-refractivity contribution >= 4 is 38.1 Å². The van der Waals surface area contributed by atoms with Crippen LogP contribution in [0.25, 0.3) is 10.9 Å². The van der Waals surface area contributed by atoms with Crippen molar-refractivity contribution in [3.63, 3.8) is 0 Å². The van der Waals surface area contributed by atoms with Crippen LogP contribution in [-0.4, -0.2) is 36.5 Å². The van der Waals surface area contributed by atoms with E-state index in [1.807, 2.05) is 38.1 Å². The summed E-state index contributed by atoms with van der Waals surface area (Å²) in [5.41, 5.74) is 2.74. The normalized spacial score (nSPS) is 18.9. The van der Waals surface area contributed by atoms with Crippen molar-refractivity contribution in [2.75, 3.05) is 16.9 Å². The molecule has 1 aromatic heterocycles. The Kier molecular flexibility index (Phi) is 4.54. The molecule has 4 N–H and O–H groups in total. The van der Waals surface area contributed by atoms with Gasteiger partial charge >= 0.3 is 0 Å². The topological polar surface area (TPSA) is 111 Å². The maximum atomic E-state index is 11.8. The molecule has 1 aliphatic heterocycles. The fraction of sp³-hybridized carbons (Fsp3) is 0.200. The Morgan fingerprint density at radius 1 is 1.10 bits per heavy atom.